The molecule has 0 fully saturated rings. The molecule has 1 N–H and O–H groups in total. The van der Waals surface area contributed by atoms with E-state index in [0.717, 1.165) is 0 Å². The number of ketones is 1. The lowest BCUT2D eigenvalue weighted by Gasteiger charge is -1.97. The van der Waals surface area contributed by atoms with Crippen molar-refractivity contribution in [1.82, 2.24) is 5.32 Å². The molecule has 0 aliphatic rings. The topological polar surface area (TPSA) is 29.1 Å². The smallest absolute Gasteiger partial charge is 0.250 e. The van der Waals surface area contributed by atoms with Crippen molar-refractivity contribution in [2.75, 3.05) is 13.1 Å². The molecular formula is C9H17F2NO. The lowest BCUT2D eigenvalue weighted by Crippen LogP contribution is -2.21. The molecule has 0 radical (unpaired) electrons. The van der Waals surface area contributed by atoms with Crippen molar-refractivity contribution in [3.8, 4) is 0 Å². The molecule has 2 nitrogen and oxygen atoms in total. The van der Waals surface area contributed by atoms with Crippen LogP contribution in [0.15, 0.2) is 12.2 Å². The Hall–Kier alpha value is -0.770. The molecule has 0 aromatic heterocycles. The molecule has 0 unspecified atom stereocenters. The van der Waals surface area contributed by atoms with Gasteiger partial charge in [0, 0.05) is 6.54 Å². The minimum absolute atomic E-state index is 0.0798. The SMILES string of the molecule is CC.CC(=O)/C=C/CNCC(F)F. The Balaban J connectivity index is 0. The van der Waals surface area contributed by atoms with Gasteiger partial charge in [-0.05, 0) is 13.0 Å². The van der Waals surface area contributed by atoms with Gasteiger partial charge in [0.1, 0.15) is 0 Å². The van der Waals surface area contributed by atoms with Crippen LogP contribution in [0.1, 0.15) is 20.8 Å². The van der Waals surface area contributed by atoms with Gasteiger partial charge in [0.05, 0.1) is 6.54 Å². The minimum atomic E-state index is -2.33. The van der Waals surface area contributed by atoms with E-state index in [2.05, 4.69) is 5.32 Å². The maximum Gasteiger partial charge on any atom is 0.250 e. The van der Waals surface area contributed by atoms with Crippen molar-refractivity contribution in [3.05, 3.63) is 12.2 Å². The summed E-state index contributed by atoms with van der Waals surface area (Å²) in [6.45, 7) is 5.38. The molecule has 0 spiro atoms. The van der Waals surface area contributed by atoms with Crippen LogP contribution in [0.2, 0.25) is 0 Å². The number of hydrogen-bond acceptors (Lipinski definition) is 2. The average molecular weight is 193 g/mol. The number of allylic oxidation sites excluding steroid dienone is 1. The van der Waals surface area contributed by atoms with Crippen molar-refractivity contribution < 1.29 is 13.6 Å². The fraction of sp³-hybridized carbons (Fsp3) is 0.667. The molecular weight excluding hydrogens is 176 g/mol. The van der Waals surface area contributed by atoms with E-state index in [4.69, 9.17) is 0 Å². The fourth-order valence-corrected chi connectivity index (χ4v) is 0.501. The van der Waals surface area contributed by atoms with Crippen LogP contribution in [0, 0.1) is 0 Å². The van der Waals surface area contributed by atoms with Gasteiger partial charge in [-0.15, -0.1) is 0 Å². The van der Waals surface area contributed by atoms with E-state index < -0.39 is 6.43 Å². The summed E-state index contributed by atoms with van der Waals surface area (Å²) in [6.07, 6.45) is 0.532. The number of halogens is 2. The number of carbonyl (C=O) groups excluding carboxylic acids is 1. The highest BCUT2D eigenvalue weighted by molar-refractivity contribution is 5.87. The lowest BCUT2D eigenvalue weighted by atomic mass is 10.4. The standard InChI is InChI=1S/C7H11F2NO.C2H6/c1-6(11)3-2-4-10-5-7(8)9;1-2/h2-3,7,10H,4-5H2,1H3;1-2H3/b3-2+;. The van der Waals surface area contributed by atoms with Crippen LogP contribution in [0.4, 0.5) is 8.78 Å². The summed E-state index contributed by atoms with van der Waals surface area (Å²) in [7, 11) is 0. The number of hydrogen-bond donors (Lipinski definition) is 1. The molecule has 0 saturated heterocycles. The number of nitrogens with one attached hydrogen (secondary N) is 1. The molecule has 0 aliphatic carbocycles. The van der Waals surface area contributed by atoms with E-state index in [1.807, 2.05) is 13.8 Å². The highest BCUT2D eigenvalue weighted by Crippen LogP contribution is 1.86. The first-order chi connectivity index (χ1) is 6.13. The third kappa shape index (κ3) is 18.3. The molecule has 0 aromatic carbocycles. The zero-order valence-electron chi connectivity index (χ0n) is 8.31. The van der Waals surface area contributed by atoms with E-state index in [-0.39, 0.29) is 12.3 Å². The van der Waals surface area contributed by atoms with Crippen molar-refractivity contribution in [2.45, 2.75) is 27.2 Å². The largest absolute Gasteiger partial charge is 0.308 e. The van der Waals surface area contributed by atoms with Gasteiger partial charge < -0.3 is 5.32 Å². The summed E-state index contributed by atoms with van der Waals surface area (Å²) < 4.78 is 22.9. The molecule has 0 amide bonds. The normalized spacial score (nSPS) is 10.0. The van der Waals surface area contributed by atoms with E-state index in [9.17, 15) is 13.6 Å². The summed E-state index contributed by atoms with van der Waals surface area (Å²) in [5.41, 5.74) is 0. The Morgan fingerprint density at radius 3 is 2.38 bits per heavy atom. The van der Waals surface area contributed by atoms with Crippen LogP contribution in [-0.2, 0) is 4.79 Å². The number of alkyl halides is 2. The maximum absolute atomic E-state index is 11.5. The third-order valence-corrected chi connectivity index (χ3v) is 0.913. The Labute approximate surface area is 78.0 Å². The van der Waals surface area contributed by atoms with E-state index >= 15 is 0 Å². The molecule has 13 heavy (non-hydrogen) atoms. The van der Waals surface area contributed by atoms with Gasteiger partial charge >= 0.3 is 0 Å². The maximum atomic E-state index is 11.5. The molecule has 0 heterocycles. The van der Waals surface area contributed by atoms with Gasteiger partial charge in [0.25, 0.3) is 6.43 Å². The predicted molar refractivity (Wildman–Crippen MR) is 50.0 cm³/mol. The quantitative estimate of drug-likeness (QED) is 0.534. The second kappa shape index (κ2) is 11.2. The highest BCUT2D eigenvalue weighted by atomic mass is 19.3. The Morgan fingerprint density at radius 2 is 2.00 bits per heavy atom. The van der Waals surface area contributed by atoms with Crippen LogP contribution < -0.4 is 5.32 Å². The highest BCUT2D eigenvalue weighted by Gasteiger charge is 1.97. The van der Waals surface area contributed by atoms with Crippen molar-refractivity contribution >= 4 is 5.78 Å². The van der Waals surface area contributed by atoms with Crippen LogP contribution in [0.5, 0.6) is 0 Å². The fourth-order valence-electron chi connectivity index (χ4n) is 0.501. The Kier molecular flexibility index (Phi) is 12.7. The van der Waals surface area contributed by atoms with Gasteiger partial charge in [-0.3, -0.25) is 4.79 Å². The first kappa shape index (κ1) is 14.7. The summed E-state index contributed by atoms with van der Waals surface area (Å²) in [5, 5.41) is 2.45. The number of rotatable bonds is 5. The van der Waals surface area contributed by atoms with Crippen LogP contribution in [0.3, 0.4) is 0 Å². The molecule has 0 atom stereocenters. The Morgan fingerprint density at radius 1 is 1.46 bits per heavy atom. The van der Waals surface area contributed by atoms with Gasteiger partial charge in [-0.2, -0.15) is 0 Å². The van der Waals surface area contributed by atoms with Crippen LogP contribution >= 0.6 is 0 Å². The van der Waals surface area contributed by atoms with Crippen LogP contribution in [0.25, 0.3) is 0 Å². The predicted octanol–water partition coefficient (Wildman–Crippen LogP) is 2.01. The minimum Gasteiger partial charge on any atom is -0.308 e. The zero-order valence-corrected chi connectivity index (χ0v) is 8.31. The van der Waals surface area contributed by atoms with Crippen LogP contribution in [-0.4, -0.2) is 25.3 Å². The summed E-state index contributed by atoms with van der Waals surface area (Å²) in [4.78, 5) is 10.3. The van der Waals surface area contributed by atoms with Crippen molar-refractivity contribution in [2.24, 2.45) is 0 Å². The summed E-state index contributed by atoms with van der Waals surface area (Å²) >= 11 is 0. The molecule has 0 aliphatic heterocycles. The second-order valence-electron chi connectivity index (χ2n) is 2.06. The molecule has 0 aromatic rings. The first-order valence-electron chi connectivity index (χ1n) is 4.29. The van der Waals surface area contributed by atoms with Gasteiger partial charge in [-0.25, -0.2) is 8.78 Å². The van der Waals surface area contributed by atoms with Gasteiger partial charge in [0.2, 0.25) is 0 Å². The molecule has 0 rings (SSSR count). The Bertz CT molecular complexity index is 147. The summed E-state index contributed by atoms with van der Waals surface area (Å²) in [6, 6.07) is 0. The molecule has 4 heteroatoms. The van der Waals surface area contributed by atoms with E-state index in [1.165, 1.54) is 19.1 Å². The third-order valence-electron chi connectivity index (χ3n) is 0.913. The first-order valence-corrected chi connectivity index (χ1v) is 4.29. The molecule has 0 bridgehead atoms. The van der Waals surface area contributed by atoms with E-state index in [1.54, 1.807) is 0 Å². The number of carbonyl (C=O) groups is 1. The van der Waals surface area contributed by atoms with Gasteiger partial charge in [0.15, 0.2) is 5.78 Å². The van der Waals surface area contributed by atoms with Gasteiger partial charge in [-0.1, -0.05) is 19.9 Å². The van der Waals surface area contributed by atoms with Crippen molar-refractivity contribution in [3.63, 3.8) is 0 Å². The summed E-state index contributed by atoms with van der Waals surface area (Å²) in [5.74, 6) is -0.0798. The van der Waals surface area contributed by atoms with Crippen molar-refractivity contribution in [1.29, 1.82) is 0 Å². The van der Waals surface area contributed by atoms with E-state index in [0.29, 0.717) is 6.54 Å². The second-order valence-corrected chi connectivity index (χ2v) is 2.06. The average Bonchev–Trinajstić information content (AvgIpc) is 2.06. The lowest BCUT2D eigenvalue weighted by molar-refractivity contribution is -0.112. The molecule has 78 valence electrons. The zero-order chi connectivity index (χ0) is 10.7. The molecule has 0 saturated carbocycles. The monoisotopic (exact) mass is 193 g/mol.